The van der Waals surface area contributed by atoms with Crippen molar-refractivity contribution in [2.24, 2.45) is 0 Å². The molecule has 0 amide bonds. The zero-order valence-corrected chi connectivity index (χ0v) is 11.5. The van der Waals surface area contributed by atoms with Crippen LogP contribution in [0.2, 0.25) is 0 Å². The quantitative estimate of drug-likeness (QED) is 0.857. The fourth-order valence-corrected chi connectivity index (χ4v) is 4.01. The second-order valence-corrected chi connectivity index (χ2v) is 7.41. The van der Waals surface area contributed by atoms with Crippen LogP contribution in [0, 0.1) is 0 Å². The summed E-state index contributed by atoms with van der Waals surface area (Å²) in [5.74, 6) is 0.612. The van der Waals surface area contributed by atoms with Gasteiger partial charge in [-0.15, -0.1) is 0 Å². The molecule has 0 saturated heterocycles. The van der Waals surface area contributed by atoms with Crippen LogP contribution in [0.4, 0.5) is 5.82 Å². The smallest absolute Gasteiger partial charge is 0.160 e. The van der Waals surface area contributed by atoms with Gasteiger partial charge in [0.2, 0.25) is 0 Å². The Balaban J connectivity index is 1.92. The Bertz CT molecular complexity index is 720. The van der Waals surface area contributed by atoms with Gasteiger partial charge in [-0.05, 0) is 19.8 Å². The molecule has 1 saturated carbocycles. The molecule has 1 unspecified atom stereocenters. The molecule has 2 aromatic heterocycles. The van der Waals surface area contributed by atoms with Crippen molar-refractivity contribution in [2.75, 3.05) is 11.6 Å². The van der Waals surface area contributed by atoms with Crippen LogP contribution >= 0.6 is 0 Å². The van der Waals surface area contributed by atoms with Crippen molar-refractivity contribution in [3.63, 3.8) is 0 Å². The average molecular weight is 281 g/mol. The lowest BCUT2D eigenvalue weighted by molar-refractivity contribution is 0.568. The van der Waals surface area contributed by atoms with Gasteiger partial charge in [0.25, 0.3) is 0 Å². The van der Waals surface area contributed by atoms with Crippen molar-refractivity contribution in [1.29, 1.82) is 0 Å². The molecule has 7 nitrogen and oxygen atoms in total. The van der Waals surface area contributed by atoms with E-state index in [-0.39, 0.29) is 6.04 Å². The summed E-state index contributed by atoms with van der Waals surface area (Å²) in [6.07, 6.45) is 5.74. The molecule has 3 rings (SSSR count). The number of aromatic amines is 1. The predicted octanol–water partition coefficient (Wildman–Crippen LogP) is 0.730. The normalized spacial score (nSPS) is 19.3. The van der Waals surface area contributed by atoms with Gasteiger partial charge in [0, 0.05) is 12.3 Å². The maximum absolute atomic E-state index is 11.9. The van der Waals surface area contributed by atoms with E-state index in [1.165, 1.54) is 12.6 Å². The van der Waals surface area contributed by atoms with Gasteiger partial charge in [0.15, 0.2) is 15.5 Å². The van der Waals surface area contributed by atoms with E-state index in [0.29, 0.717) is 24.3 Å². The van der Waals surface area contributed by atoms with Crippen molar-refractivity contribution >= 4 is 26.7 Å². The summed E-state index contributed by atoms with van der Waals surface area (Å²) < 4.78 is 23.1. The fourth-order valence-electron chi connectivity index (χ4n) is 2.46. The highest BCUT2D eigenvalue weighted by Gasteiger charge is 2.56. The third-order valence-corrected chi connectivity index (χ3v) is 6.11. The van der Waals surface area contributed by atoms with E-state index < -0.39 is 14.6 Å². The van der Waals surface area contributed by atoms with E-state index in [1.807, 2.05) is 6.92 Å². The molecule has 102 valence electrons. The second-order valence-electron chi connectivity index (χ2n) is 5.06. The van der Waals surface area contributed by atoms with E-state index >= 15 is 0 Å². The van der Waals surface area contributed by atoms with Crippen molar-refractivity contribution in [3.8, 4) is 0 Å². The molecule has 1 aliphatic rings. The summed E-state index contributed by atoms with van der Waals surface area (Å²) in [7, 11) is -3.08. The second kappa shape index (κ2) is 3.89. The minimum atomic E-state index is -3.08. The number of nitrogens with one attached hydrogen (secondary N) is 2. The van der Waals surface area contributed by atoms with Crippen molar-refractivity contribution in [1.82, 2.24) is 20.2 Å². The summed E-state index contributed by atoms with van der Waals surface area (Å²) in [6, 6.07) is -0.199. The number of hydrogen-bond acceptors (Lipinski definition) is 6. The van der Waals surface area contributed by atoms with Gasteiger partial charge in [-0.1, -0.05) is 0 Å². The van der Waals surface area contributed by atoms with Crippen LogP contribution in [0.5, 0.6) is 0 Å². The molecule has 1 atom stereocenters. The molecule has 1 aliphatic carbocycles. The van der Waals surface area contributed by atoms with Gasteiger partial charge in [0.1, 0.15) is 12.1 Å². The summed E-state index contributed by atoms with van der Waals surface area (Å²) >= 11 is 0. The maximum atomic E-state index is 11.9. The first kappa shape index (κ1) is 12.3. The van der Waals surface area contributed by atoms with Crippen LogP contribution in [0.25, 0.3) is 11.0 Å². The van der Waals surface area contributed by atoms with Crippen LogP contribution in [-0.4, -0.2) is 45.6 Å². The lowest BCUT2D eigenvalue weighted by Gasteiger charge is -2.23. The van der Waals surface area contributed by atoms with Gasteiger partial charge in [0.05, 0.1) is 16.3 Å². The van der Waals surface area contributed by atoms with Gasteiger partial charge >= 0.3 is 0 Å². The number of sulfone groups is 1. The SMILES string of the molecule is CC(Nc1ncnc2[nH]ncc12)C1(S(C)(=O)=O)CC1. The van der Waals surface area contributed by atoms with Crippen LogP contribution < -0.4 is 5.32 Å². The van der Waals surface area contributed by atoms with E-state index in [2.05, 4.69) is 25.5 Å². The molecule has 2 heterocycles. The fraction of sp³-hybridized carbons (Fsp3) is 0.545. The Morgan fingerprint density at radius 2 is 2.16 bits per heavy atom. The zero-order valence-electron chi connectivity index (χ0n) is 10.7. The third-order valence-electron chi connectivity index (χ3n) is 3.87. The zero-order chi connectivity index (χ0) is 13.7. The van der Waals surface area contributed by atoms with Gasteiger partial charge < -0.3 is 5.32 Å². The number of fused-ring (bicyclic) bond motifs is 1. The Hall–Kier alpha value is -1.70. The average Bonchev–Trinajstić information content (AvgIpc) is 3.02. The van der Waals surface area contributed by atoms with Crippen LogP contribution in [0.3, 0.4) is 0 Å². The first-order valence-corrected chi connectivity index (χ1v) is 7.93. The van der Waals surface area contributed by atoms with Gasteiger partial charge in [-0.3, -0.25) is 5.10 Å². The molecular weight excluding hydrogens is 266 g/mol. The standard InChI is InChI=1S/C11H15N5O2S/c1-7(11(3-4-11)19(2,17)18)15-9-8-5-14-16-10(8)13-6-12-9/h5-7H,3-4H2,1-2H3,(H2,12,13,14,15,16). The van der Waals surface area contributed by atoms with Crippen LogP contribution in [0.15, 0.2) is 12.5 Å². The van der Waals surface area contributed by atoms with E-state index in [1.54, 1.807) is 6.20 Å². The summed E-state index contributed by atoms with van der Waals surface area (Å²) in [4.78, 5) is 8.21. The lowest BCUT2D eigenvalue weighted by atomic mass is 10.2. The third kappa shape index (κ3) is 1.86. The molecule has 0 spiro atoms. The summed E-state index contributed by atoms with van der Waals surface area (Å²) in [5, 5.41) is 10.6. The molecule has 8 heteroatoms. The van der Waals surface area contributed by atoms with Crippen LogP contribution in [0.1, 0.15) is 19.8 Å². The minimum absolute atomic E-state index is 0.199. The largest absolute Gasteiger partial charge is 0.365 e. The Labute approximate surface area is 110 Å². The number of nitrogens with zero attached hydrogens (tertiary/aromatic N) is 3. The number of anilines is 1. The Morgan fingerprint density at radius 3 is 2.79 bits per heavy atom. The number of aromatic nitrogens is 4. The molecule has 2 aromatic rings. The van der Waals surface area contributed by atoms with Gasteiger partial charge in [-0.2, -0.15) is 5.10 Å². The van der Waals surface area contributed by atoms with E-state index in [0.717, 1.165) is 5.39 Å². The number of rotatable bonds is 4. The summed E-state index contributed by atoms with van der Waals surface area (Å²) in [6.45, 7) is 1.88. The maximum Gasteiger partial charge on any atom is 0.160 e. The Morgan fingerprint density at radius 1 is 1.42 bits per heavy atom. The molecule has 0 bridgehead atoms. The highest BCUT2D eigenvalue weighted by atomic mass is 32.2. The minimum Gasteiger partial charge on any atom is -0.365 e. The predicted molar refractivity (Wildman–Crippen MR) is 71.6 cm³/mol. The van der Waals surface area contributed by atoms with Crippen LogP contribution in [-0.2, 0) is 9.84 Å². The monoisotopic (exact) mass is 281 g/mol. The lowest BCUT2D eigenvalue weighted by Crippen LogP contribution is -2.39. The molecule has 2 N–H and O–H groups in total. The number of H-pyrrole nitrogens is 1. The number of hydrogen-bond donors (Lipinski definition) is 2. The first-order chi connectivity index (χ1) is 8.94. The molecule has 0 aromatic carbocycles. The highest BCUT2D eigenvalue weighted by molar-refractivity contribution is 7.92. The van der Waals surface area contributed by atoms with Gasteiger partial charge in [-0.25, -0.2) is 18.4 Å². The first-order valence-electron chi connectivity index (χ1n) is 6.04. The van der Waals surface area contributed by atoms with E-state index in [9.17, 15) is 8.42 Å². The molecule has 0 aliphatic heterocycles. The highest BCUT2D eigenvalue weighted by Crippen LogP contribution is 2.47. The molecule has 1 fully saturated rings. The molecule has 19 heavy (non-hydrogen) atoms. The van der Waals surface area contributed by atoms with Crippen molar-refractivity contribution in [2.45, 2.75) is 30.6 Å². The van der Waals surface area contributed by atoms with Crippen molar-refractivity contribution < 1.29 is 8.42 Å². The molecule has 0 radical (unpaired) electrons. The van der Waals surface area contributed by atoms with E-state index in [4.69, 9.17) is 0 Å². The molecular formula is C11H15N5O2S. The topological polar surface area (TPSA) is 101 Å². The van der Waals surface area contributed by atoms with Crippen molar-refractivity contribution in [3.05, 3.63) is 12.5 Å². The Kier molecular flexibility index (Phi) is 2.53. The summed E-state index contributed by atoms with van der Waals surface area (Å²) in [5.41, 5.74) is 0.633.